The summed E-state index contributed by atoms with van der Waals surface area (Å²) >= 11 is 5.84. The van der Waals surface area contributed by atoms with Gasteiger partial charge in [0.05, 0.1) is 6.61 Å². The molecule has 1 aromatic rings. The molecule has 0 amide bonds. The van der Waals surface area contributed by atoms with E-state index in [-0.39, 0.29) is 6.29 Å². The van der Waals surface area contributed by atoms with Gasteiger partial charge in [0.2, 0.25) is 0 Å². The second kappa shape index (κ2) is 8.36. The van der Waals surface area contributed by atoms with E-state index in [1.54, 1.807) is 0 Å². The van der Waals surface area contributed by atoms with E-state index in [4.69, 9.17) is 21.1 Å². The Morgan fingerprint density at radius 1 is 1.26 bits per heavy atom. The SMILES string of the molecule is Clc1ccc(/C=C/CCCOC2CCCCO2)cc1. The van der Waals surface area contributed by atoms with E-state index < -0.39 is 0 Å². The third-order valence-electron chi connectivity index (χ3n) is 3.14. The molecule has 2 rings (SSSR count). The quantitative estimate of drug-likeness (QED) is 0.705. The van der Waals surface area contributed by atoms with Gasteiger partial charge < -0.3 is 9.47 Å². The number of hydrogen-bond donors (Lipinski definition) is 0. The third kappa shape index (κ3) is 5.77. The first-order valence-corrected chi connectivity index (χ1v) is 7.38. The summed E-state index contributed by atoms with van der Waals surface area (Å²) in [5.74, 6) is 0. The van der Waals surface area contributed by atoms with Gasteiger partial charge in [-0.2, -0.15) is 0 Å². The maximum Gasteiger partial charge on any atom is 0.157 e. The molecule has 0 bridgehead atoms. The zero-order chi connectivity index (χ0) is 13.3. The Hall–Kier alpha value is -0.830. The molecule has 1 fully saturated rings. The van der Waals surface area contributed by atoms with E-state index in [0.29, 0.717) is 0 Å². The monoisotopic (exact) mass is 280 g/mol. The molecule has 3 heteroatoms. The fourth-order valence-electron chi connectivity index (χ4n) is 2.05. The van der Waals surface area contributed by atoms with Crippen LogP contribution in [0.1, 0.15) is 37.7 Å². The van der Waals surface area contributed by atoms with Gasteiger partial charge in [-0.05, 0) is 49.8 Å². The minimum atomic E-state index is 0.0361. The third-order valence-corrected chi connectivity index (χ3v) is 3.39. The van der Waals surface area contributed by atoms with Crippen molar-refractivity contribution in [3.63, 3.8) is 0 Å². The predicted octanol–water partition coefficient (Wildman–Crippen LogP) is 4.68. The van der Waals surface area contributed by atoms with Crippen LogP contribution in [0, 0.1) is 0 Å². The molecule has 19 heavy (non-hydrogen) atoms. The first kappa shape index (κ1) is 14.6. The summed E-state index contributed by atoms with van der Waals surface area (Å²) in [6, 6.07) is 7.85. The summed E-state index contributed by atoms with van der Waals surface area (Å²) in [7, 11) is 0. The van der Waals surface area contributed by atoms with Crippen LogP contribution in [0.2, 0.25) is 5.02 Å². The summed E-state index contributed by atoms with van der Waals surface area (Å²) in [6.45, 7) is 1.62. The molecule has 1 saturated heterocycles. The van der Waals surface area contributed by atoms with Crippen molar-refractivity contribution in [2.75, 3.05) is 13.2 Å². The molecule has 0 N–H and O–H groups in total. The molecule has 0 spiro atoms. The second-order valence-electron chi connectivity index (χ2n) is 4.76. The lowest BCUT2D eigenvalue weighted by Gasteiger charge is -2.22. The number of hydrogen-bond acceptors (Lipinski definition) is 2. The van der Waals surface area contributed by atoms with Crippen molar-refractivity contribution < 1.29 is 9.47 Å². The minimum Gasteiger partial charge on any atom is -0.353 e. The van der Waals surface area contributed by atoms with Gasteiger partial charge >= 0.3 is 0 Å². The Balaban J connectivity index is 1.57. The molecule has 1 aliphatic heterocycles. The average molecular weight is 281 g/mol. The number of unbranched alkanes of at least 4 members (excludes halogenated alkanes) is 1. The van der Waals surface area contributed by atoms with E-state index in [2.05, 4.69) is 12.2 Å². The smallest absolute Gasteiger partial charge is 0.157 e. The molecule has 2 nitrogen and oxygen atoms in total. The molecule has 1 aromatic carbocycles. The number of benzene rings is 1. The normalized spacial score (nSPS) is 19.9. The van der Waals surface area contributed by atoms with Gasteiger partial charge in [-0.25, -0.2) is 0 Å². The fraction of sp³-hybridized carbons (Fsp3) is 0.500. The predicted molar refractivity (Wildman–Crippen MR) is 79.3 cm³/mol. The first-order chi connectivity index (χ1) is 9.34. The van der Waals surface area contributed by atoms with Crippen LogP contribution in [-0.4, -0.2) is 19.5 Å². The van der Waals surface area contributed by atoms with Gasteiger partial charge in [0.15, 0.2) is 6.29 Å². The lowest BCUT2D eigenvalue weighted by molar-refractivity contribution is -0.162. The topological polar surface area (TPSA) is 18.5 Å². The lowest BCUT2D eigenvalue weighted by atomic mass is 10.2. The van der Waals surface area contributed by atoms with E-state index in [1.807, 2.05) is 24.3 Å². The van der Waals surface area contributed by atoms with Crippen molar-refractivity contribution in [3.8, 4) is 0 Å². The Kier molecular flexibility index (Phi) is 6.42. The molecule has 1 atom stereocenters. The van der Waals surface area contributed by atoms with Crippen LogP contribution < -0.4 is 0 Å². The van der Waals surface area contributed by atoms with Crippen molar-refractivity contribution in [2.24, 2.45) is 0 Å². The maximum atomic E-state index is 5.84. The Morgan fingerprint density at radius 3 is 2.84 bits per heavy atom. The van der Waals surface area contributed by atoms with E-state index in [0.717, 1.165) is 37.5 Å². The van der Waals surface area contributed by atoms with Gasteiger partial charge in [0, 0.05) is 11.6 Å². The van der Waals surface area contributed by atoms with Gasteiger partial charge in [-0.1, -0.05) is 35.9 Å². The van der Waals surface area contributed by atoms with Crippen LogP contribution in [0.25, 0.3) is 6.08 Å². The Labute approximate surface area is 120 Å². The van der Waals surface area contributed by atoms with Crippen LogP contribution >= 0.6 is 11.6 Å². The van der Waals surface area contributed by atoms with E-state index in [9.17, 15) is 0 Å². The highest BCUT2D eigenvalue weighted by molar-refractivity contribution is 6.30. The molecular formula is C16H21ClO2. The zero-order valence-electron chi connectivity index (χ0n) is 11.2. The Morgan fingerprint density at radius 2 is 2.11 bits per heavy atom. The zero-order valence-corrected chi connectivity index (χ0v) is 11.9. The summed E-state index contributed by atoms with van der Waals surface area (Å²) in [5, 5.41) is 0.776. The molecule has 1 heterocycles. The first-order valence-electron chi connectivity index (χ1n) is 7.00. The average Bonchev–Trinajstić information content (AvgIpc) is 2.46. The number of allylic oxidation sites excluding steroid dienone is 1. The molecule has 1 unspecified atom stereocenters. The molecule has 0 aliphatic carbocycles. The van der Waals surface area contributed by atoms with Crippen LogP contribution in [-0.2, 0) is 9.47 Å². The lowest BCUT2D eigenvalue weighted by Crippen LogP contribution is -2.22. The van der Waals surface area contributed by atoms with Crippen LogP contribution in [0.15, 0.2) is 30.3 Å². The number of halogens is 1. The van der Waals surface area contributed by atoms with Crippen molar-refractivity contribution in [2.45, 2.75) is 38.4 Å². The van der Waals surface area contributed by atoms with E-state index >= 15 is 0 Å². The van der Waals surface area contributed by atoms with Crippen LogP contribution in [0.5, 0.6) is 0 Å². The molecular weight excluding hydrogens is 260 g/mol. The van der Waals surface area contributed by atoms with Gasteiger partial charge in [-0.3, -0.25) is 0 Å². The summed E-state index contributed by atoms with van der Waals surface area (Å²) in [5.41, 5.74) is 1.18. The van der Waals surface area contributed by atoms with Gasteiger partial charge in [0.1, 0.15) is 0 Å². The van der Waals surface area contributed by atoms with Crippen molar-refractivity contribution in [1.82, 2.24) is 0 Å². The van der Waals surface area contributed by atoms with Gasteiger partial charge in [0.25, 0.3) is 0 Å². The minimum absolute atomic E-state index is 0.0361. The van der Waals surface area contributed by atoms with Crippen molar-refractivity contribution in [3.05, 3.63) is 40.9 Å². The highest BCUT2D eigenvalue weighted by Gasteiger charge is 2.12. The van der Waals surface area contributed by atoms with Crippen LogP contribution in [0.3, 0.4) is 0 Å². The molecule has 0 saturated carbocycles. The molecule has 1 aliphatic rings. The highest BCUT2D eigenvalue weighted by Crippen LogP contribution is 2.14. The van der Waals surface area contributed by atoms with Gasteiger partial charge in [-0.15, -0.1) is 0 Å². The second-order valence-corrected chi connectivity index (χ2v) is 5.20. The molecule has 0 aromatic heterocycles. The molecule has 104 valence electrons. The maximum absolute atomic E-state index is 5.84. The van der Waals surface area contributed by atoms with Crippen molar-refractivity contribution >= 4 is 17.7 Å². The summed E-state index contributed by atoms with van der Waals surface area (Å²) in [4.78, 5) is 0. The standard InChI is InChI=1S/C16H21ClO2/c17-15-10-8-14(9-11-15)6-2-1-4-12-18-16-7-3-5-13-19-16/h2,6,8-11,16H,1,3-5,7,12-13H2/b6-2+. The summed E-state index contributed by atoms with van der Waals surface area (Å²) < 4.78 is 11.2. The molecule has 0 radical (unpaired) electrons. The fourth-order valence-corrected chi connectivity index (χ4v) is 2.18. The number of ether oxygens (including phenoxy) is 2. The van der Waals surface area contributed by atoms with Crippen molar-refractivity contribution in [1.29, 1.82) is 0 Å². The van der Waals surface area contributed by atoms with Crippen LogP contribution in [0.4, 0.5) is 0 Å². The highest BCUT2D eigenvalue weighted by atomic mass is 35.5. The number of rotatable bonds is 6. The Bertz CT molecular complexity index is 380. The summed E-state index contributed by atoms with van der Waals surface area (Å²) in [6.07, 6.45) is 9.82. The van der Waals surface area contributed by atoms with E-state index in [1.165, 1.54) is 18.4 Å². The largest absolute Gasteiger partial charge is 0.353 e.